The van der Waals surface area contributed by atoms with Gasteiger partial charge in [0, 0.05) is 30.9 Å². The molecule has 1 saturated heterocycles. The molecule has 1 fully saturated rings. The van der Waals surface area contributed by atoms with Gasteiger partial charge in [0.25, 0.3) is 6.47 Å². The lowest BCUT2D eigenvalue weighted by Gasteiger charge is -2.32. The van der Waals surface area contributed by atoms with Crippen LogP contribution in [0, 0.1) is 6.92 Å². The summed E-state index contributed by atoms with van der Waals surface area (Å²) in [4.78, 5) is 29.8. The molecule has 3 N–H and O–H groups in total. The Hall–Kier alpha value is -2.67. The molecule has 134 valence electrons. The summed E-state index contributed by atoms with van der Waals surface area (Å²) in [7, 11) is 0. The molecule has 0 aliphatic carbocycles. The number of hydrogen-bond donors (Lipinski definition) is 3. The van der Waals surface area contributed by atoms with E-state index in [1.807, 2.05) is 25.3 Å². The van der Waals surface area contributed by atoms with Crippen molar-refractivity contribution in [1.82, 2.24) is 14.9 Å². The Morgan fingerprint density at radius 3 is 2.80 bits per heavy atom. The van der Waals surface area contributed by atoms with Crippen molar-refractivity contribution in [2.75, 3.05) is 13.1 Å². The van der Waals surface area contributed by atoms with Crippen LogP contribution in [0.5, 0.6) is 0 Å². The van der Waals surface area contributed by atoms with Crippen molar-refractivity contribution in [1.29, 1.82) is 0 Å². The molecule has 2 aromatic rings. The Morgan fingerprint density at radius 2 is 2.16 bits per heavy atom. The number of imidazole rings is 1. The average molecular weight is 345 g/mol. The molecule has 0 radical (unpaired) electrons. The quantitative estimate of drug-likeness (QED) is 0.735. The van der Waals surface area contributed by atoms with Crippen molar-refractivity contribution < 1.29 is 19.8 Å². The van der Waals surface area contributed by atoms with Gasteiger partial charge in [-0.05, 0) is 37.9 Å². The summed E-state index contributed by atoms with van der Waals surface area (Å²) in [6.07, 6.45) is 4.11. The molecule has 1 aliphatic heterocycles. The van der Waals surface area contributed by atoms with Gasteiger partial charge in [0.1, 0.15) is 5.82 Å². The van der Waals surface area contributed by atoms with Crippen molar-refractivity contribution in [2.45, 2.75) is 32.2 Å². The van der Waals surface area contributed by atoms with Crippen molar-refractivity contribution in [3.8, 4) is 0 Å². The largest absolute Gasteiger partial charge is 0.483 e. The number of aromatic amines is 1. The van der Waals surface area contributed by atoms with E-state index < -0.39 is 5.97 Å². The lowest BCUT2D eigenvalue weighted by molar-refractivity contribution is -0.122. The Bertz CT molecular complexity index is 714. The van der Waals surface area contributed by atoms with Gasteiger partial charge in [0.05, 0.1) is 5.56 Å². The van der Waals surface area contributed by atoms with E-state index >= 15 is 0 Å². The number of likely N-dealkylation sites (tertiary alicyclic amines) is 1. The fourth-order valence-corrected chi connectivity index (χ4v) is 3.17. The Kier molecular flexibility index (Phi) is 6.71. The van der Waals surface area contributed by atoms with Gasteiger partial charge >= 0.3 is 5.97 Å². The molecule has 7 heteroatoms. The Morgan fingerprint density at radius 1 is 1.44 bits per heavy atom. The van der Waals surface area contributed by atoms with Gasteiger partial charge < -0.3 is 15.2 Å². The third-order valence-electron chi connectivity index (χ3n) is 4.26. The third kappa shape index (κ3) is 5.15. The summed E-state index contributed by atoms with van der Waals surface area (Å²) in [6, 6.07) is 7.26. The fraction of sp³-hybridized carbons (Fsp3) is 0.389. The van der Waals surface area contributed by atoms with E-state index in [0.717, 1.165) is 43.0 Å². The summed E-state index contributed by atoms with van der Waals surface area (Å²) < 4.78 is 0. The summed E-state index contributed by atoms with van der Waals surface area (Å²) in [5.74, 6) is 0.596. The predicted molar refractivity (Wildman–Crippen MR) is 92.7 cm³/mol. The number of aryl methyl sites for hydroxylation is 1. The minimum absolute atomic E-state index is 0.250. The molecule has 3 rings (SSSR count). The van der Waals surface area contributed by atoms with Crippen LogP contribution in [0.1, 0.15) is 46.2 Å². The minimum Gasteiger partial charge on any atom is -0.483 e. The van der Waals surface area contributed by atoms with Gasteiger partial charge in [0.2, 0.25) is 0 Å². The summed E-state index contributed by atoms with van der Waals surface area (Å²) >= 11 is 0. The number of benzene rings is 1. The van der Waals surface area contributed by atoms with Gasteiger partial charge in [0.15, 0.2) is 0 Å². The van der Waals surface area contributed by atoms with Crippen LogP contribution in [0.3, 0.4) is 0 Å². The number of nitrogens with one attached hydrogen (secondary N) is 1. The molecule has 2 heterocycles. The Labute approximate surface area is 146 Å². The first-order valence-corrected chi connectivity index (χ1v) is 8.18. The summed E-state index contributed by atoms with van der Waals surface area (Å²) in [6.45, 7) is 4.36. The van der Waals surface area contributed by atoms with Gasteiger partial charge in [-0.15, -0.1) is 0 Å². The highest BCUT2D eigenvalue weighted by Gasteiger charge is 2.24. The van der Waals surface area contributed by atoms with E-state index in [1.54, 1.807) is 12.1 Å². The highest BCUT2D eigenvalue weighted by Crippen LogP contribution is 2.26. The Balaban J connectivity index is 0.000000701. The SMILES string of the molecule is Cc1cnc(C2CCCN(Cc3ccccc3C(=O)O)C2)[nH]1.O=CO. The molecule has 25 heavy (non-hydrogen) atoms. The van der Waals surface area contributed by atoms with E-state index in [-0.39, 0.29) is 6.47 Å². The molecule has 0 saturated carbocycles. The van der Waals surface area contributed by atoms with E-state index in [4.69, 9.17) is 9.90 Å². The smallest absolute Gasteiger partial charge is 0.336 e. The first-order valence-electron chi connectivity index (χ1n) is 8.18. The van der Waals surface area contributed by atoms with Crippen LogP contribution in [0.15, 0.2) is 30.5 Å². The van der Waals surface area contributed by atoms with Gasteiger partial charge in [-0.2, -0.15) is 0 Å². The zero-order valence-electron chi connectivity index (χ0n) is 14.2. The first-order chi connectivity index (χ1) is 12.0. The monoisotopic (exact) mass is 345 g/mol. The molecule has 7 nitrogen and oxygen atoms in total. The van der Waals surface area contributed by atoms with Gasteiger partial charge in [-0.1, -0.05) is 18.2 Å². The second-order valence-corrected chi connectivity index (χ2v) is 6.09. The van der Waals surface area contributed by atoms with E-state index in [2.05, 4.69) is 14.9 Å². The second kappa shape index (κ2) is 8.98. The average Bonchev–Trinajstić information content (AvgIpc) is 3.03. The molecule has 1 aromatic carbocycles. The first kappa shape index (κ1) is 18.7. The number of aromatic carboxylic acids is 1. The molecule has 0 bridgehead atoms. The number of nitrogens with zero attached hydrogens (tertiary/aromatic N) is 2. The van der Waals surface area contributed by atoms with Crippen molar-refractivity contribution >= 4 is 12.4 Å². The van der Waals surface area contributed by atoms with E-state index in [1.165, 1.54) is 0 Å². The molecule has 1 aromatic heterocycles. The number of piperidine rings is 1. The van der Waals surface area contributed by atoms with E-state index in [9.17, 15) is 9.90 Å². The topological polar surface area (TPSA) is 107 Å². The predicted octanol–water partition coefficient (Wildman–Crippen LogP) is 2.50. The maximum absolute atomic E-state index is 11.3. The van der Waals surface area contributed by atoms with Crippen LogP contribution in [-0.4, -0.2) is 50.6 Å². The van der Waals surface area contributed by atoms with Crippen LogP contribution < -0.4 is 0 Å². The molecular formula is C18H23N3O4. The number of carboxylic acid groups (broad SMARTS) is 2. The molecule has 1 aliphatic rings. The normalized spacial score (nSPS) is 17.4. The third-order valence-corrected chi connectivity index (χ3v) is 4.26. The lowest BCUT2D eigenvalue weighted by Crippen LogP contribution is -2.34. The van der Waals surface area contributed by atoms with Crippen LogP contribution >= 0.6 is 0 Å². The zero-order valence-corrected chi connectivity index (χ0v) is 14.2. The lowest BCUT2D eigenvalue weighted by atomic mass is 9.96. The van der Waals surface area contributed by atoms with Crippen LogP contribution in [0.25, 0.3) is 0 Å². The number of H-pyrrole nitrogens is 1. The number of hydrogen-bond acceptors (Lipinski definition) is 4. The number of rotatable bonds is 4. The highest BCUT2D eigenvalue weighted by atomic mass is 16.4. The fourth-order valence-electron chi connectivity index (χ4n) is 3.17. The molecular weight excluding hydrogens is 322 g/mol. The van der Waals surface area contributed by atoms with Crippen molar-refractivity contribution in [3.63, 3.8) is 0 Å². The zero-order chi connectivity index (χ0) is 18.2. The van der Waals surface area contributed by atoms with Gasteiger partial charge in [-0.3, -0.25) is 9.69 Å². The number of aromatic nitrogens is 2. The highest BCUT2D eigenvalue weighted by molar-refractivity contribution is 5.89. The molecule has 1 atom stereocenters. The van der Waals surface area contributed by atoms with Crippen molar-refractivity contribution in [3.05, 3.63) is 53.1 Å². The van der Waals surface area contributed by atoms with Gasteiger partial charge in [-0.25, -0.2) is 9.78 Å². The summed E-state index contributed by atoms with van der Waals surface area (Å²) in [5, 5.41) is 16.2. The molecule has 0 amide bonds. The number of carboxylic acids is 1. The van der Waals surface area contributed by atoms with E-state index in [0.29, 0.717) is 18.0 Å². The number of carbonyl (C=O) groups is 2. The van der Waals surface area contributed by atoms with Crippen LogP contribution in [0.4, 0.5) is 0 Å². The molecule has 0 spiro atoms. The van der Waals surface area contributed by atoms with Crippen LogP contribution in [0.2, 0.25) is 0 Å². The maximum Gasteiger partial charge on any atom is 0.336 e. The second-order valence-electron chi connectivity index (χ2n) is 6.09. The van der Waals surface area contributed by atoms with Crippen LogP contribution in [-0.2, 0) is 11.3 Å². The van der Waals surface area contributed by atoms with Crippen molar-refractivity contribution in [2.24, 2.45) is 0 Å². The summed E-state index contributed by atoms with van der Waals surface area (Å²) in [5.41, 5.74) is 2.37. The minimum atomic E-state index is -0.856. The standard InChI is InChI=1S/C17H21N3O2.CH2O2/c1-12-9-18-16(19-12)14-6-4-8-20(11-14)10-13-5-2-3-7-15(13)17(21)22;2-1-3/h2-3,5,7,9,14H,4,6,8,10-11H2,1H3,(H,18,19)(H,21,22);1H,(H,2,3). The maximum atomic E-state index is 11.3. The molecule has 1 unspecified atom stereocenters.